The van der Waals surface area contributed by atoms with Gasteiger partial charge in [-0.25, -0.2) is 4.39 Å². The molecule has 0 radical (unpaired) electrons. The standard InChI is InChI=1S/C55H71FOS6/c1-12-18-21-24-39(57)50-47(56)46-52(62-50)51(63-53(46)55(10,11)17-6)42-31-37-44(40-27-25-35(58-40)29-33(15-4)22-19-13-2)49-38(32-43(61-49)54(7,8)9)45(48(37)60-42)41-28-26-36(59-41)30-34(16-5)23-20-14-3/h25-28,31-34H,12-24,29-30H2,1-11H3. The molecule has 8 heteroatoms. The smallest absolute Gasteiger partial charge is 0.175 e. The number of benzene rings is 1. The van der Waals surface area contributed by atoms with E-state index in [9.17, 15) is 4.79 Å². The second kappa shape index (κ2) is 20.8. The summed E-state index contributed by atoms with van der Waals surface area (Å²) in [6.07, 6.45) is 16.5. The molecule has 63 heavy (non-hydrogen) atoms. The fraction of sp³-hybridized carbons (Fsp3) is 0.545. The molecule has 0 spiro atoms. The molecule has 6 aromatic heterocycles. The predicted molar refractivity (Wildman–Crippen MR) is 287 cm³/mol. The van der Waals surface area contributed by atoms with Crippen molar-refractivity contribution in [2.24, 2.45) is 11.8 Å². The van der Waals surface area contributed by atoms with Crippen molar-refractivity contribution in [3.63, 3.8) is 0 Å². The van der Waals surface area contributed by atoms with Crippen molar-refractivity contribution in [2.45, 2.75) is 183 Å². The second-order valence-electron chi connectivity index (χ2n) is 19.8. The maximum Gasteiger partial charge on any atom is 0.175 e. The molecule has 0 amide bonds. The first-order valence-electron chi connectivity index (χ1n) is 24.2. The van der Waals surface area contributed by atoms with Gasteiger partial charge < -0.3 is 0 Å². The Morgan fingerprint density at radius 3 is 1.70 bits per heavy atom. The highest BCUT2D eigenvalue weighted by Crippen LogP contribution is 2.57. The Morgan fingerprint density at radius 2 is 1.17 bits per heavy atom. The minimum absolute atomic E-state index is 0.0132. The number of Topliss-reactive ketones (excluding diaryl/α,β-unsaturated/α-hetero) is 1. The number of hydrogen-bond donors (Lipinski definition) is 0. The first kappa shape index (κ1) is 48.7. The van der Waals surface area contributed by atoms with Gasteiger partial charge in [-0.05, 0) is 84.7 Å². The first-order valence-corrected chi connectivity index (χ1v) is 29.1. The third-order valence-electron chi connectivity index (χ3n) is 13.5. The van der Waals surface area contributed by atoms with Gasteiger partial charge in [0.15, 0.2) is 11.6 Å². The molecule has 340 valence electrons. The van der Waals surface area contributed by atoms with E-state index in [2.05, 4.69) is 113 Å². The van der Waals surface area contributed by atoms with Crippen molar-refractivity contribution >= 4 is 104 Å². The summed E-state index contributed by atoms with van der Waals surface area (Å²) in [7, 11) is 0. The maximum atomic E-state index is 16.9. The summed E-state index contributed by atoms with van der Waals surface area (Å²) in [5.41, 5.74) is 2.50. The number of fused-ring (bicyclic) bond motifs is 3. The largest absolute Gasteiger partial charge is 0.293 e. The SMILES string of the molecule is CCCCCC(=O)c1sc2c(-c3cc4c(-c5ccc(CC(CC)CCCC)s5)c5sc(C(C)(C)C)cc5c(-c5ccc(CC(CC)CCCC)s5)c4s3)sc(C(C)(C)CC)c2c1F. The fourth-order valence-corrected chi connectivity index (χ4v) is 17.0. The lowest BCUT2D eigenvalue weighted by molar-refractivity contribution is 0.0980. The summed E-state index contributed by atoms with van der Waals surface area (Å²) >= 11 is 11.1. The summed E-state index contributed by atoms with van der Waals surface area (Å²) in [5.74, 6) is 1.08. The van der Waals surface area contributed by atoms with Crippen LogP contribution in [0.25, 0.3) is 60.9 Å². The van der Waals surface area contributed by atoms with E-state index >= 15 is 4.39 Å². The van der Waals surface area contributed by atoms with Gasteiger partial charge in [0.1, 0.15) is 4.88 Å². The van der Waals surface area contributed by atoms with Crippen LogP contribution in [0.4, 0.5) is 4.39 Å². The zero-order valence-corrected chi connectivity index (χ0v) is 44.9. The number of rotatable bonds is 22. The van der Waals surface area contributed by atoms with Crippen LogP contribution in [0.5, 0.6) is 0 Å². The topological polar surface area (TPSA) is 17.1 Å². The molecule has 2 atom stereocenters. The van der Waals surface area contributed by atoms with Crippen LogP contribution in [0.15, 0.2) is 36.4 Å². The lowest BCUT2D eigenvalue weighted by Gasteiger charge is -2.21. The average Bonchev–Trinajstić information content (AvgIpc) is 4.12. The Morgan fingerprint density at radius 1 is 0.619 bits per heavy atom. The number of carbonyl (C=O) groups is 1. The van der Waals surface area contributed by atoms with Crippen molar-refractivity contribution < 1.29 is 9.18 Å². The lowest BCUT2D eigenvalue weighted by Crippen LogP contribution is -2.14. The monoisotopic (exact) mass is 958 g/mol. The number of carbonyl (C=O) groups excluding carboxylic acids is 1. The van der Waals surface area contributed by atoms with Crippen LogP contribution in [-0.2, 0) is 23.7 Å². The van der Waals surface area contributed by atoms with E-state index in [1.165, 1.54) is 123 Å². The zero-order valence-electron chi connectivity index (χ0n) is 40.0. The molecule has 2 unspecified atom stereocenters. The summed E-state index contributed by atoms with van der Waals surface area (Å²) in [6.45, 7) is 25.2. The van der Waals surface area contributed by atoms with Crippen LogP contribution in [0.1, 0.15) is 189 Å². The minimum Gasteiger partial charge on any atom is -0.293 e. The average molecular weight is 960 g/mol. The van der Waals surface area contributed by atoms with Gasteiger partial charge in [0.2, 0.25) is 0 Å². The van der Waals surface area contributed by atoms with E-state index in [4.69, 9.17) is 0 Å². The number of thiophene rings is 6. The molecular formula is C55H71FOS6. The molecule has 7 aromatic rings. The van der Waals surface area contributed by atoms with Crippen LogP contribution in [-0.4, -0.2) is 5.78 Å². The van der Waals surface area contributed by atoms with E-state index in [1.807, 2.05) is 45.3 Å². The maximum absolute atomic E-state index is 16.9. The minimum atomic E-state index is -0.292. The molecule has 0 N–H and O–H groups in total. The molecule has 0 aliphatic heterocycles. The normalized spacial score (nSPS) is 13.7. The van der Waals surface area contributed by atoms with Gasteiger partial charge in [0.05, 0.1) is 9.58 Å². The lowest BCUT2D eigenvalue weighted by atomic mass is 9.87. The van der Waals surface area contributed by atoms with E-state index < -0.39 is 0 Å². The Hall–Kier alpha value is -2.20. The predicted octanol–water partition coefficient (Wildman–Crippen LogP) is 20.9. The molecule has 6 heterocycles. The molecule has 0 saturated heterocycles. The van der Waals surface area contributed by atoms with Crippen molar-refractivity contribution in [3.05, 3.63) is 66.6 Å². The molecule has 7 rings (SSSR count). The fourth-order valence-electron chi connectivity index (χ4n) is 9.04. The Labute approximate surface area is 402 Å². The number of ketones is 1. The zero-order chi connectivity index (χ0) is 45.2. The van der Waals surface area contributed by atoms with Crippen molar-refractivity contribution in [1.82, 2.24) is 0 Å². The Bertz CT molecular complexity index is 2530. The van der Waals surface area contributed by atoms with Crippen LogP contribution >= 0.6 is 68.0 Å². The summed E-state index contributed by atoms with van der Waals surface area (Å²) in [4.78, 5) is 24.5. The molecule has 0 bridgehead atoms. The molecular weight excluding hydrogens is 888 g/mol. The van der Waals surface area contributed by atoms with Crippen molar-refractivity contribution in [1.29, 1.82) is 0 Å². The summed E-state index contributed by atoms with van der Waals surface area (Å²) in [5, 5.41) is 3.36. The number of hydrogen-bond acceptors (Lipinski definition) is 7. The Balaban J connectivity index is 1.50. The van der Waals surface area contributed by atoms with E-state index in [1.54, 1.807) is 11.3 Å². The molecule has 0 saturated carbocycles. The third-order valence-corrected chi connectivity index (χ3v) is 21.6. The first-order chi connectivity index (χ1) is 30.2. The van der Waals surface area contributed by atoms with Gasteiger partial charge in [-0.1, -0.05) is 140 Å². The van der Waals surface area contributed by atoms with Gasteiger partial charge in [-0.15, -0.1) is 68.0 Å². The van der Waals surface area contributed by atoms with Crippen LogP contribution in [0, 0.1) is 17.7 Å². The van der Waals surface area contributed by atoms with Crippen LogP contribution in [0.2, 0.25) is 0 Å². The number of halogens is 1. The highest BCUT2D eigenvalue weighted by atomic mass is 32.1. The van der Waals surface area contributed by atoms with Gasteiger partial charge >= 0.3 is 0 Å². The molecule has 1 nitrogen and oxygen atoms in total. The Kier molecular flexibility index (Phi) is 16.1. The quantitative estimate of drug-likeness (QED) is 0.0489. The molecule has 0 aliphatic rings. The number of unbranched alkanes of at least 4 members (excludes halogenated alkanes) is 4. The van der Waals surface area contributed by atoms with Crippen molar-refractivity contribution in [2.75, 3.05) is 0 Å². The van der Waals surface area contributed by atoms with E-state index in [0.29, 0.717) is 28.5 Å². The second-order valence-corrected chi connectivity index (χ2v) is 26.3. The summed E-state index contributed by atoms with van der Waals surface area (Å²) < 4.78 is 20.5. The third kappa shape index (κ3) is 10.2. The van der Waals surface area contributed by atoms with Gasteiger partial charge in [0, 0.05) is 77.2 Å². The highest BCUT2D eigenvalue weighted by molar-refractivity contribution is 7.32. The highest BCUT2D eigenvalue weighted by Gasteiger charge is 2.33. The van der Waals surface area contributed by atoms with Crippen molar-refractivity contribution in [3.8, 4) is 30.6 Å². The van der Waals surface area contributed by atoms with E-state index in [0.717, 1.165) is 53.0 Å². The van der Waals surface area contributed by atoms with Crippen LogP contribution < -0.4 is 0 Å². The van der Waals surface area contributed by atoms with Gasteiger partial charge in [0.25, 0.3) is 0 Å². The summed E-state index contributed by atoms with van der Waals surface area (Å²) in [6, 6.07) is 14.6. The van der Waals surface area contributed by atoms with Crippen LogP contribution in [0.3, 0.4) is 0 Å². The molecule has 0 fully saturated rings. The van der Waals surface area contributed by atoms with Gasteiger partial charge in [-0.2, -0.15) is 0 Å². The molecule has 0 aliphatic carbocycles. The molecule has 1 aromatic carbocycles. The van der Waals surface area contributed by atoms with Gasteiger partial charge in [-0.3, -0.25) is 4.79 Å². The van der Waals surface area contributed by atoms with E-state index in [-0.39, 0.29) is 22.4 Å².